The van der Waals surface area contributed by atoms with Crippen molar-refractivity contribution in [3.63, 3.8) is 0 Å². The SMILES string of the molecule is COc1ccc(C(CN)NCc2cccs2)cc1OC. The number of ether oxygens (including phenoxy) is 2. The molecule has 1 aromatic carbocycles. The third kappa shape index (κ3) is 3.50. The van der Waals surface area contributed by atoms with Crippen molar-refractivity contribution in [2.45, 2.75) is 12.6 Å². The molecule has 2 aromatic rings. The molecule has 0 amide bonds. The lowest BCUT2D eigenvalue weighted by molar-refractivity contribution is 0.354. The Balaban J connectivity index is 2.10. The Labute approximate surface area is 123 Å². The molecule has 0 spiro atoms. The molecule has 0 radical (unpaired) electrons. The van der Waals surface area contributed by atoms with E-state index >= 15 is 0 Å². The molecular formula is C15H20N2O2S. The third-order valence-electron chi connectivity index (χ3n) is 3.15. The van der Waals surface area contributed by atoms with E-state index in [1.165, 1.54) is 4.88 Å². The lowest BCUT2D eigenvalue weighted by atomic mass is 10.1. The van der Waals surface area contributed by atoms with Crippen LogP contribution in [0.4, 0.5) is 0 Å². The summed E-state index contributed by atoms with van der Waals surface area (Å²) in [6.45, 7) is 1.34. The Morgan fingerprint density at radius 2 is 2.00 bits per heavy atom. The summed E-state index contributed by atoms with van der Waals surface area (Å²) in [6, 6.07) is 10.1. The standard InChI is InChI=1S/C15H20N2O2S/c1-18-14-6-5-11(8-15(14)19-2)13(9-16)17-10-12-4-3-7-20-12/h3-8,13,17H,9-10,16H2,1-2H3. The maximum Gasteiger partial charge on any atom is 0.161 e. The van der Waals surface area contributed by atoms with Gasteiger partial charge in [0.15, 0.2) is 11.5 Å². The number of nitrogens with one attached hydrogen (secondary N) is 1. The van der Waals surface area contributed by atoms with E-state index in [9.17, 15) is 0 Å². The smallest absolute Gasteiger partial charge is 0.161 e. The van der Waals surface area contributed by atoms with Crippen LogP contribution in [0.2, 0.25) is 0 Å². The Kier molecular flexibility index (Phi) is 5.40. The van der Waals surface area contributed by atoms with Crippen molar-refractivity contribution in [1.29, 1.82) is 0 Å². The van der Waals surface area contributed by atoms with Crippen LogP contribution < -0.4 is 20.5 Å². The molecule has 0 aliphatic rings. The minimum absolute atomic E-state index is 0.0944. The van der Waals surface area contributed by atoms with E-state index < -0.39 is 0 Å². The van der Waals surface area contributed by atoms with Crippen molar-refractivity contribution < 1.29 is 9.47 Å². The number of hydrogen-bond donors (Lipinski definition) is 2. The highest BCUT2D eigenvalue weighted by Crippen LogP contribution is 2.29. The molecule has 0 fully saturated rings. The highest BCUT2D eigenvalue weighted by atomic mass is 32.1. The molecule has 5 heteroatoms. The molecule has 1 aromatic heterocycles. The molecule has 108 valence electrons. The van der Waals surface area contributed by atoms with E-state index in [2.05, 4.69) is 22.8 Å². The molecule has 0 saturated carbocycles. The quantitative estimate of drug-likeness (QED) is 0.823. The number of methoxy groups -OCH3 is 2. The second-order valence-corrected chi connectivity index (χ2v) is 5.40. The van der Waals surface area contributed by atoms with Crippen LogP contribution in [-0.2, 0) is 6.54 Å². The van der Waals surface area contributed by atoms with Gasteiger partial charge in [0.2, 0.25) is 0 Å². The van der Waals surface area contributed by atoms with Gasteiger partial charge in [-0.15, -0.1) is 11.3 Å². The predicted octanol–water partition coefficient (Wildman–Crippen LogP) is 2.55. The van der Waals surface area contributed by atoms with Gasteiger partial charge < -0.3 is 20.5 Å². The highest BCUT2D eigenvalue weighted by molar-refractivity contribution is 7.09. The lowest BCUT2D eigenvalue weighted by Crippen LogP contribution is -2.27. The van der Waals surface area contributed by atoms with Gasteiger partial charge in [0.05, 0.1) is 14.2 Å². The van der Waals surface area contributed by atoms with Gasteiger partial charge in [0.25, 0.3) is 0 Å². The zero-order valence-electron chi connectivity index (χ0n) is 11.8. The zero-order chi connectivity index (χ0) is 14.4. The molecule has 0 saturated heterocycles. The van der Waals surface area contributed by atoms with Crippen LogP contribution in [-0.4, -0.2) is 20.8 Å². The van der Waals surface area contributed by atoms with Gasteiger partial charge >= 0.3 is 0 Å². The lowest BCUT2D eigenvalue weighted by Gasteiger charge is -2.18. The van der Waals surface area contributed by atoms with Gasteiger partial charge in [-0.05, 0) is 29.1 Å². The Bertz CT molecular complexity index is 529. The number of nitrogens with two attached hydrogens (primary N) is 1. The number of thiophene rings is 1. The summed E-state index contributed by atoms with van der Waals surface area (Å²) in [5, 5.41) is 5.54. The second kappa shape index (κ2) is 7.28. The van der Waals surface area contributed by atoms with Gasteiger partial charge in [-0.1, -0.05) is 12.1 Å². The maximum absolute atomic E-state index is 5.88. The van der Waals surface area contributed by atoms with E-state index in [1.807, 2.05) is 18.2 Å². The van der Waals surface area contributed by atoms with Crippen LogP contribution in [0, 0.1) is 0 Å². The molecule has 1 unspecified atom stereocenters. The molecule has 2 rings (SSSR count). The zero-order valence-corrected chi connectivity index (χ0v) is 12.6. The number of hydrogen-bond acceptors (Lipinski definition) is 5. The topological polar surface area (TPSA) is 56.5 Å². The van der Waals surface area contributed by atoms with E-state index in [0.717, 1.165) is 23.6 Å². The van der Waals surface area contributed by atoms with Crippen molar-refractivity contribution in [3.05, 3.63) is 46.2 Å². The maximum atomic E-state index is 5.88. The van der Waals surface area contributed by atoms with Crippen molar-refractivity contribution in [2.24, 2.45) is 5.73 Å². The van der Waals surface area contributed by atoms with Gasteiger partial charge in [-0.3, -0.25) is 0 Å². The van der Waals surface area contributed by atoms with Crippen molar-refractivity contribution in [1.82, 2.24) is 5.32 Å². The van der Waals surface area contributed by atoms with Crippen LogP contribution in [0.1, 0.15) is 16.5 Å². The predicted molar refractivity (Wildman–Crippen MR) is 82.5 cm³/mol. The van der Waals surface area contributed by atoms with Crippen LogP contribution in [0.5, 0.6) is 11.5 Å². The highest BCUT2D eigenvalue weighted by Gasteiger charge is 2.12. The van der Waals surface area contributed by atoms with Crippen LogP contribution in [0.15, 0.2) is 35.7 Å². The molecule has 1 heterocycles. The fourth-order valence-corrected chi connectivity index (χ4v) is 2.70. The normalized spacial score (nSPS) is 12.2. The molecule has 1 atom stereocenters. The molecular weight excluding hydrogens is 272 g/mol. The summed E-state index contributed by atoms with van der Waals surface area (Å²) in [7, 11) is 3.27. The molecule has 3 N–H and O–H groups in total. The van der Waals surface area contributed by atoms with Gasteiger partial charge in [0.1, 0.15) is 0 Å². The van der Waals surface area contributed by atoms with Gasteiger partial charge in [-0.25, -0.2) is 0 Å². The first-order valence-corrected chi connectivity index (χ1v) is 7.34. The molecule has 4 nitrogen and oxygen atoms in total. The van der Waals surface area contributed by atoms with E-state index in [-0.39, 0.29) is 6.04 Å². The summed E-state index contributed by atoms with van der Waals surface area (Å²) in [4.78, 5) is 1.30. The first-order valence-electron chi connectivity index (χ1n) is 6.46. The van der Waals surface area contributed by atoms with Crippen LogP contribution >= 0.6 is 11.3 Å². The van der Waals surface area contributed by atoms with Gasteiger partial charge in [0, 0.05) is 24.0 Å². The summed E-state index contributed by atoms with van der Waals surface area (Å²) < 4.78 is 10.6. The summed E-state index contributed by atoms with van der Waals surface area (Å²) in [5.74, 6) is 1.45. The summed E-state index contributed by atoms with van der Waals surface area (Å²) >= 11 is 1.74. The van der Waals surface area contributed by atoms with Crippen LogP contribution in [0.25, 0.3) is 0 Å². The molecule has 0 bridgehead atoms. The second-order valence-electron chi connectivity index (χ2n) is 4.36. The van der Waals surface area contributed by atoms with E-state index in [1.54, 1.807) is 25.6 Å². The van der Waals surface area contributed by atoms with Crippen molar-refractivity contribution in [3.8, 4) is 11.5 Å². The summed E-state index contributed by atoms with van der Waals surface area (Å²) in [6.07, 6.45) is 0. The monoisotopic (exact) mass is 292 g/mol. The summed E-state index contributed by atoms with van der Waals surface area (Å²) in [5.41, 5.74) is 6.97. The van der Waals surface area contributed by atoms with E-state index in [0.29, 0.717) is 6.54 Å². The first-order chi connectivity index (χ1) is 9.78. The third-order valence-corrected chi connectivity index (χ3v) is 4.02. The molecule has 20 heavy (non-hydrogen) atoms. The average Bonchev–Trinajstić information content (AvgIpc) is 3.01. The largest absolute Gasteiger partial charge is 0.493 e. The van der Waals surface area contributed by atoms with Gasteiger partial charge in [-0.2, -0.15) is 0 Å². The number of benzene rings is 1. The van der Waals surface area contributed by atoms with Crippen molar-refractivity contribution >= 4 is 11.3 Å². The minimum Gasteiger partial charge on any atom is -0.493 e. The van der Waals surface area contributed by atoms with Crippen molar-refractivity contribution in [2.75, 3.05) is 20.8 Å². The number of rotatable bonds is 7. The van der Waals surface area contributed by atoms with Crippen LogP contribution in [0.3, 0.4) is 0 Å². The first kappa shape index (κ1) is 14.8. The average molecular weight is 292 g/mol. The Morgan fingerprint density at radius 1 is 1.20 bits per heavy atom. The fourth-order valence-electron chi connectivity index (χ4n) is 2.04. The minimum atomic E-state index is 0.0944. The Hall–Kier alpha value is -1.56. The Morgan fingerprint density at radius 3 is 2.60 bits per heavy atom. The fraction of sp³-hybridized carbons (Fsp3) is 0.333. The molecule has 0 aliphatic carbocycles. The van der Waals surface area contributed by atoms with E-state index in [4.69, 9.17) is 15.2 Å². The molecule has 0 aliphatic heterocycles.